The van der Waals surface area contributed by atoms with Crippen LogP contribution in [-0.4, -0.2) is 49.2 Å². The van der Waals surface area contributed by atoms with Crippen LogP contribution in [0.25, 0.3) is 0 Å². The smallest absolute Gasteiger partial charge is 0.409 e. The summed E-state index contributed by atoms with van der Waals surface area (Å²) in [7, 11) is 5.17. The molecule has 0 aliphatic carbocycles. The van der Waals surface area contributed by atoms with Gasteiger partial charge in [-0.25, -0.2) is 4.79 Å². The van der Waals surface area contributed by atoms with Gasteiger partial charge in [-0.3, -0.25) is 4.90 Å². The molecule has 0 spiro atoms. The Kier molecular flexibility index (Phi) is 2.70. The largest absolute Gasteiger partial charge is 0.453 e. The summed E-state index contributed by atoms with van der Waals surface area (Å²) in [6.07, 6.45) is -0.238. The van der Waals surface area contributed by atoms with Crippen LogP contribution in [0.2, 0.25) is 0 Å². The number of amides is 1. The molecule has 1 heterocycles. The van der Waals surface area contributed by atoms with E-state index in [2.05, 4.69) is 11.8 Å². The number of rotatable bonds is 0. The third-order valence-corrected chi connectivity index (χ3v) is 1.81. The zero-order chi connectivity index (χ0) is 8.27. The molecule has 0 N–H and O–H groups in total. The number of hydrogen-bond donors (Lipinski definition) is 0. The molecule has 63 valence electrons. The fourth-order valence-electron chi connectivity index (χ4n) is 1.06. The highest BCUT2D eigenvalue weighted by Gasteiger charge is 2.18. The van der Waals surface area contributed by atoms with Crippen LogP contribution in [0.5, 0.6) is 0 Å². The minimum Gasteiger partial charge on any atom is -0.453 e. The lowest BCUT2D eigenvalue weighted by molar-refractivity contribution is 0.102. The Morgan fingerprint density at radius 2 is 1.91 bits per heavy atom. The minimum absolute atomic E-state index is 0.238. The SMILES string of the molecule is [CH2]N1CCN(C(=O)OC)CC1. The summed E-state index contributed by atoms with van der Waals surface area (Å²) in [5.41, 5.74) is 0. The monoisotopic (exact) mass is 157 g/mol. The Morgan fingerprint density at radius 1 is 1.36 bits per heavy atom. The van der Waals surface area contributed by atoms with Gasteiger partial charge in [-0.05, 0) is 0 Å². The van der Waals surface area contributed by atoms with Crippen LogP contribution in [-0.2, 0) is 4.74 Å². The lowest BCUT2D eigenvalue weighted by Crippen LogP contribution is -2.46. The minimum atomic E-state index is -0.238. The van der Waals surface area contributed by atoms with Gasteiger partial charge in [-0.15, -0.1) is 0 Å². The number of piperazine rings is 1. The van der Waals surface area contributed by atoms with Gasteiger partial charge >= 0.3 is 6.09 Å². The van der Waals surface area contributed by atoms with Crippen LogP contribution in [0.3, 0.4) is 0 Å². The number of ether oxygens (including phenoxy) is 1. The van der Waals surface area contributed by atoms with E-state index in [1.54, 1.807) is 4.90 Å². The van der Waals surface area contributed by atoms with Gasteiger partial charge in [0.25, 0.3) is 0 Å². The standard InChI is InChI=1S/C7H13N2O2/c1-8-3-5-9(6-4-8)7(10)11-2/h1,3-6H2,2H3. The average Bonchev–Trinajstić information content (AvgIpc) is 2.05. The van der Waals surface area contributed by atoms with Crippen molar-refractivity contribution in [3.63, 3.8) is 0 Å². The van der Waals surface area contributed by atoms with Crippen molar-refractivity contribution < 1.29 is 9.53 Å². The summed E-state index contributed by atoms with van der Waals surface area (Å²) < 4.78 is 4.57. The molecule has 0 aromatic carbocycles. The van der Waals surface area contributed by atoms with Gasteiger partial charge in [-0.1, -0.05) is 0 Å². The van der Waals surface area contributed by atoms with E-state index in [1.165, 1.54) is 7.11 Å². The number of hydrogen-bond acceptors (Lipinski definition) is 3. The Morgan fingerprint density at radius 3 is 2.36 bits per heavy atom. The first-order chi connectivity index (χ1) is 5.24. The third-order valence-electron chi connectivity index (χ3n) is 1.81. The summed E-state index contributed by atoms with van der Waals surface area (Å²) >= 11 is 0. The van der Waals surface area contributed by atoms with Crippen LogP contribution in [0.15, 0.2) is 0 Å². The maximum Gasteiger partial charge on any atom is 0.409 e. The second kappa shape index (κ2) is 3.57. The second-order valence-corrected chi connectivity index (χ2v) is 2.58. The van der Waals surface area contributed by atoms with Crippen molar-refractivity contribution in [3.05, 3.63) is 7.05 Å². The fourth-order valence-corrected chi connectivity index (χ4v) is 1.06. The van der Waals surface area contributed by atoms with Crippen LogP contribution in [0.1, 0.15) is 0 Å². The molecule has 1 radical (unpaired) electrons. The molecule has 1 aliphatic rings. The highest BCUT2D eigenvalue weighted by Crippen LogP contribution is 2.00. The summed E-state index contributed by atoms with van der Waals surface area (Å²) in [5, 5.41) is 0. The van der Waals surface area contributed by atoms with Crippen LogP contribution >= 0.6 is 0 Å². The molecule has 0 aromatic rings. The van der Waals surface area contributed by atoms with Gasteiger partial charge in [0.15, 0.2) is 0 Å². The zero-order valence-corrected chi connectivity index (χ0v) is 6.75. The lowest BCUT2D eigenvalue weighted by Gasteiger charge is -2.30. The van der Waals surface area contributed by atoms with Crippen LogP contribution in [0.4, 0.5) is 4.79 Å². The van der Waals surface area contributed by atoms with E-state index in [4.69, 9.17) is 0 Å². The van der Waals surface area contributed by atoms with Crippen molar-refractivity contribution >= 4 is 6.09 Å². The molecule has 0 saturated carbocycles. The van der Waals surface area contributed by atoms with E-state index >= 15 is 0 Å². The first-order valence-electron chi connectivity index (χ1n) is 3.62. The Labute approximate surface area is 66.7 Å². The number of nitrogens with zero attached hydrogens (tertiary/aromatic N) is 2. The van der Waals surface area contributed by atoms with Crippen LogP contribution < -0.4 is 0 Å². The van der Waals surface area contributed by atoms with Crippen molar-refractivity contribution in [3.8, 4) is 0 Å². The van der Waals surface area contributed by atoms with Crippen molar-refractivity contribution in [1.82, 2.24) is 9.80 Å². The quantitative estimate of drug-likeness (QED) is 0.502. The molecule has 1 rings (SSSR count). The molecule has 4 heteroatoms. The molecule has 4 nitrogen and oxygen atoms in total. The highest BCUT2D eigenvalue weighted by molar-refractivity contribution is 5.67. The van der Waals surface area contributed by atoms with Gasteiger partial charge in [0.2, 0.25) is 0 Å². The normalized spacial score (nSPS) is 20.0. The van der Waals surface area contributed by atoms with E-state index in [1.807, 2.05) is 4.90 Å². The van der Waals surface area contributed by atoms with E-state index in [-0.39, 0.29) is 6.09 Å². The molecule has 11 heavy (non-hydrogen) atoms. The van der Waals surface area contributed by atoms with E-state index in [9.17, 15) is 4.79 Å². The molecule has 1 amide bonds. The number of methoxy groups -OCH3 is 1. The maximum atomic E-state index is 10.9. The summed E-state index contributed by atoms with van der Waals surface area (Å²) in [5.74, 6) is 0. The predicted molar refractivity (Wildman–Crippen MR) is 40.9 cm³/mol. The maximum absolute atomic E-state index is 10.9. The number of carbonyl (C=O) groups excluding carboxylic acids is 1. The number of carbonyl (C=O) groups is 1. The second-order valence-electron chi connectivity index (χ2n) is 2.58. The molecule has 0 bridgehead atoms. The van der Waals surface area contributed by atoms with Gasteiger partial charge in [0.05, 0.1) is 7.11 Å². The fraction of sp³-hybridized carbons (Fsp3) is 0.714. The Hall–Kier alpha value is -0.770. The first kappa shape index (κ1) is 8.33. The molecular weight excluding hydrogens is 144 g/mol. The Balaban J connectivity index is 2.33. The molecule has 1 fully saturated rings. The molecule has 0 atom stereocenters. The molecule has 0 aromatic heterocycles. The Bertz CT molecular complexity index is 141. The van der Waals surface area contributed by atoms with Crippen molar-refractivity contribution in [2.75, 3.05) is 33.3 Å². The van der Waals surface area contributed by atoms with Crippen molar-refractivity contribution in [2.24, 2.45) is 0 Å². The third kappa shape index (κ3) is 2.08. The zero-order valence-electron chi connectivity index (χ0n) is 6.75. The predicted octanol–water partition coefficient (Wildman–Crippen LogP) is 0.162. The van der Waals surface area contributed by atoms with E-state index < -0.39 is 0 Å². The molecule has 0 unspecified atom stereocenters. The topological polar surface area (TPSA) is 32.8 Å². The summed E-state index contributed by atoms with van der Waals surface area (Å²) in [6, 6.07) is 0. The first-order valence-corrected chi connectivity index (χ1v) is 3.62. The molecule has 1 saturated heterocycles. The molecular formula is C7H13N2O2. The van der Waals surface area contributed by atoms with E-state index in [0.29, 0.717) is 0 Å². The molecule has 1 aliphatic heterocycles. The lowest BCUT2D eigenvalue weighted by atomic mass is 10.3. The summed E-state index contributed by atoms with van der Waals surface area (Å²) in [4.78, 5) is 14.6. The van der Waals surface area contributed by atoms with Crippen molar-refractivity contribution in [1.29, 1.82) is 0 Å². The van der Waals surface area contributed by atoms with Crippen LogP contribution in [0, 0.1) is 7.05 Å². The van der Waals surface area contributed by atoms with Crippen molar-refractivity contribution in [2.45, 2.75) is 0 Å². The van der Waals surface area contributed by atoms with Gasteiger partial charge in [-0.2, -0.15) is 0 Å². The van der Waals surface area contributed by atoms with Gasteiger partial charge in [0, 0.05) is 33.2 Å². The van der Waals surface area contributed by atoms with Gasteiger partial charge < -0.3 is 9.64 Å². The van der Waals surface area contributed by atoms with Gasteiger partial charge in [0.1, 0.15) is 0 Å². The average molecular weight is 157 g/mol. The van der Waals surface area contributed by atoms with E-state index in [0.717, 1.165) is 26.2 Å². The summed E-state index contributed by atoms with van der Waals surface area (Å²) in [6.45, 7) is 3.09. The highest BCUT2D eigenvalue weighted by atomic mass is 16.5.